The molecule has 1 saturated heterocycles. The van der Waals surface area contributed by atoms with Gasteiger partial charge in [0.25, 0.3) is 4.67 Å². The summed E-state index contributed by atoms with van der Waals surface area (Å²) >= 11 is 0. The lowest BCUT2D eigenvalue weighted by molar-refractivity contribution is -0.898. The molecule has 0 aromatic heterocycles. The van der Waals surface area contributed by atoms with Crippen molar-refractivity contribution in [3.63, 3.8) is 0 Å². The molecule has 2 unspecified atom stereocenters. The van der Waals surface area contributed by atoms with Crippen molar-refractivity contribution in [2.45, 2.75) is 23.9 Å². The Morgan fingerprint density at radius 1 is 1.37 bits per heavy atom. The summed E-state index contributed by atoms with van der Waals surface area (Å²) in [6.07, 6.45) is 0.650. The Balaban J connectivity index is 3.02. The highest BCUT2D eigenvalue weighted by Gasteiger charge is 2.58. The van der Waals surface area contributed by atoms with Crippen LogP contribution < -0.4 is 0 Å². The van der Waals surface area contributed by atoms with Crippen LogP contribution in [0.3, 0.4) is 0 Å². The lowest BCUT2D eigenvalue weighted by atomic mass is 9.94. The van der Waals surface area contributed by atoms with E-state index in [1.807, 2.05) is 14.1 Å². The van der Waals surface area contributed by atoms with Crippen LogP contribution in [-0.4, -0.2) is 64.2 Å². The maximum Gasteiger partial charge on any atom is 0.375 e. The monoisotopic (exact) mass is 318 g/mol. The standard InChI is InChI=1S/C9H20NO7PS/c1-10(2)5-3-4-8(7-10)6-9(11,18(12,13)14)19(15,16)17/h8,11H,3-7H2,1-2H3,(H2-,12,13,14,15,16,17)/p+1. The van der Waals surface area contributed by atoms with Crippen LogP contribution in [0.4, 0.5) is 0 Å². The van der Waals surface area contributed by atoms with Crippen LogP contribution in [0.5, 0.6) is 0 Å². The van der Waals surface area contributed by atoms with Gasteiger partial charge in [-0.25, -0.2) is 0 Å². The Labute approximate surface area is 112 Å². The number of rotatable bonds is 4. The summed E-state index contributed by atoms with van der Waals surface area (Å²) in [5.41, 5.74) is 0. The fourth-order valence-electron chi connectivity index (χ4n) is 2.61. The molecule has 1 heterocycles. The summed E-state index contributed by atoms with van der Waals surface area (Å²) in [6, 6.07) is 0. The van der Waals surface area contributed by atoms with Gasteiger partial charge in [-0.2, -0.15) is 8.42 Å². The Kier molecular flexibility index (Phi) is 4.54. The second kappa shape index (κ2) is 5.07. The van der Waals surface area contributed by atoms with Crippen molar-refractivity contribution in [1.29, 1.82) is 0 Å². The third kappa shape index (κ3) is 3.75. The molecule has 0 saturated carbocycles. The molecule has 114 valence electrons. The van der Waals surface area contributed by atoms with Crippen molar-refractivity contribution >= 4 is 17.7 Å². The lowest BCUT2D eigenvalue weighted by Gasteiger charge is -2.40. The molecule has 2 atom stereocenters. The van der Waals surface area contributed by atoms with Gasteiger partial charge in [0.15, 0.2) is 0 Å². The van der Waals surface area contributed by atoms with Gasteiger partial charge in [0.1, 0.15) is 0 Å². The zero-order valence-electron chi connectivity index (χ0n) is 10.9. The summed E-state index contributed by atoms with van der Waals surface area (Å²) in [6.45, 7) is 1.36. The number of quaternary nitrogens is 1. The number of likely N-dealkylation sites (tertiary alicyclic amines) is 1. The van der Waals surface area contributed by atoms with E-state index in [0.717, 1.165) is 13.0 Å². The van der Waals surface area contributed by atoms with Gasteiger partial charge in [0.2, 0.25) is 0 Å². The molecule has 0 spiro atoms. The van der Waals surface area contributed by atoms with Gasteiger partial charge in [-0.05, 0) is 12.8 Å². The maximum absolute atomic E-state index is 11.2. The molecule has 8 nitrogen and oxygen atoms in total. The van der Waals surface area contributed by atoms with Gasteiger partial charge >= 0.3 is 17.7 Å². The topological polar surface area (TPSA) is 132 Å². The van der Waals surface area contributed by atoms with Crippen LogP contribution in [-0.2, 0) is 14.7 Å². The predicted octanol–water partition coefficient (Wildman–Crippen LogP) is -0.425. The van der Waals surface area contributed by atoms with Crippen LogP contribution in [0.1, 0.15) is 19.3 Å². The first-order valence-electron chi connectivity index (χ1n) is 5.86. The van der Waals surface area contributed by atoms with Crippen molar-refractivity contribution in [3.05, 3.63) is 0 Å². The first-order chi connectivity index (χ1) is 8.29. The Hall–Kier alpha value is -0.0200. The minimum Gasteiger partial charge on any atom is -0.363 e. The zero-order valence-corrected chi connectivity index (χ0v) is 12.6. The van der Waals surface area contributed by atoms with Gasteiger partial charge < -0.3 is 19.4 Å². The summed E-state index contributed by atoms with van der Waals surface area (Å²) in [5.74, 6) is -0.386. The second-order valence-corrected chi connectivity index (χ2v) is 9.57. The average Bonchev–Trinajstić information content (AvgIpc) is 2.11. The molecule has 0 aromatic carbocycles. The van der Waals surface area contributed by atoms with Gasteiger partial charge in [0, 0.05) is 12.3 Å². The van der Waals surface area contributed by atoms with Crippen molar-refractivity contribution in [2.24, 2.45) is 5.92 Å². The van der Waals surface area contributed by atoms with E-state index in [4.69, 9.17) is 14.3 Å². The minimum atomic E-state index is -5.41. The van der Waals surface area contributed by atoms with Gasteiger partial charge in [-0.1, -0.05) is 0 Å². The number of hydrogen-bond donors (Lipinski definition) is 4. The Bertz CT molecular complexity index is 485. The Morgan fingerprint density at radius 2 is 1.89 bits per heavy atom. The fourth-order valence-corrected chi connectivity index (χ4v) is 4.75. The number of nitrogens with zero attached hydrogens (tertiary/aromatic N) is 1. The summed E-state index contributed by atoms with van der Waals surface area (Å²) in [7, 11) is -6.85. The van der Waals surface area contributed by atoms with Crippen LogP contribution in [0.25, 0.3) is 0 Å². The molecular weight excluding hydrogens is 297 g/mol. The van der Waals surface area contributed by atoms with Crippen LogP contribution in [0.15, 0.2) is 0 Å². The number of piperidine rings is 1. The van der Waals surface area contributed by atoms with E-state index in [0.29, 0.717) is 17.4 Å². The number of aliphatic hydroxyl groups is 1. The zero-order chi connectivity index (χ0) is 15.1. The van der Waals surface area contributed by atoms with E-state index in [1.165, 1.54) is 0 Å². The first-order valence-corrected chi connectivity index (χ1v) is 8.91. The molecule has 1 aliphatic rings. The molecule has 1 rings (SSSR count). The van der Waals surface area contributed by atoms with Gasteiger partial charge in [-0.3, -0.25) is 9.12 Å². The Morgan fingerprint density at radius 3 is 2.26 bits per heavy atom. The molecule has 0 amide bonds. The minimum absolute atomic E-state index is 0.386. The van der Waals surface area contributed by atoms with Crippen LogP contribution in [0.2, 0.25) is 0 Å². The average molecular weight is 318 g/mol. The molecular formula is C9H21NO7PS+. The van der Waals surface area contributed by atoms with E-state index < -0.39 is 28.8 Å². The molecule has 1 aliphatic heterocycles. The maximum atomic E-state index is 11.2. The van der Waals surface area contributed by atoms with Gasteiger partial charge in [-0.15, -0.1) is 0 Å². The second-order valence-electron chi connectivity index (χ2n) is 5.82. The highest BCUT2D eigenvalue weighted by atomic mass is 32.2. The third-order valence-corrected chi connectivity index (χ3v) is 7.04. The SMILES string of the molecule is C[N+]1(C)CCCC(CC(O)(P(=O)(O)O)S(=O)(=O)O)C1. The molecule has 1 fully saturated rings. The molecule has 0 aromatic rings. The summed E-state index contributed by atoms with van der Waals surface area (Å²) in [5, 5.41) is 9.80. The lowest BCUT2D eigenvalue weighted by Crippen LogP contribution is -2.50. The molecule has 4 N–H and O–H groups in total. The van der Waals surface area contributed by atoms with Crippen molar-refractivity contribution < 1.29 is 36.9 Å². The largest absolute Gasteiger partial charge is 0.375 e. The quantitative estimate of drug-likeness (QED) is 0.314. The molecule has 0 radical (unpaired) electrons. The highest BCUT2D eigenvalue weighted by Crippen LogP contribution is 2.55. The molecule has 10 heteroatoms. The highest BCUT2D eigenvalue weighted by molar-refractivity contribution is 7.94. The van der Waals surface area contributed by atoms with E-state index in [1.54, 1.807) is 0 Å². The summed E-state index contributed by atoms with van der Waals surface area (Å²) < 4.78 is 39.6. The van der Waals surface area contributed by atoms with Crippen molar-refractivity contribution in [3.8, 4) is 0 Å². The summed E-state index contributed by atoms with van der Waals surface area (Å²) in [4.78, 5) is 18.1. The van der Waals surface area contributed by atoms with Crippen LogP contribution in [0, 0.1) is 5.92 Å². The normalized spacial score (nSPS) is 27.8. The predicted molar refractivity (Wildman–Crippen MR) is 67.7 cm³/mol. The van der Waals surface area contributed by atoms with Crippen molar-refractivity contribution in [1.82, 2.24) is 0 Å². The smallest absolute Gasteiger partial charge is 0.363 e. The van der Waals surface area contributed by atoms with E-state index in [9.17, 15) is 18.1 Å². The molecule has 19 heavy (non-hydrogen) atoms. The third-order valence-electron chi connectivity index (χ3n) is 3.55. The van der Waals surface area contributed by atoms with Crippen molar-refractivity contribution in [2.75, 3.05) is 27.2 Å². The molecule has 0 bridgehead atoms. The molecule has 0 aliphatic carbocycles. The van der Waals surface area contributed by atoms with Gasteiger partial charge in [0.05, 0.1) is 27.2 Å². The van der Waals surface area contributed by atoms with E-state index in [-0.39, 0.29) is 5.92 Å². The van der Waals surface area contributed by atoms with E-state index >= 15 is 0 Å². The number of hydrogen-bond acceptors (Lipinski definition) is 4. The first kappa shape index (κ1) is 17.0. The fraction of sp³-hybridized carbons (Fsp3) is 1.00. The van der Waals surface area contributed by atoms with E-state index in [2.05, 4.69) is 0 Å². The van der Waals surface area contributed by atoms with Crippen LogP contribution >= 0.6 is 7.60 Å².